The smallest absolute Gasteiger partial charge is 0.274 e. The molecule has 0 radical (unpaired) electrons. The Morgan fingerprint density at radius 3 is 2.21 bits per heavy atom. The number of aromatic nitrogens is 2. The Morgan fingerprint density at radius 1 is 0.939 bits per heavy atom. The molecule has 0 aliphatic carbocycles. The van der Waals surface area contributed by atoms with E-state index >= 15 is 0 Å². The molecule has 1 aromatic heterocycles. The van der Waals surface area contributed by atoms with E-state index in [1.807, 2.05) is 35.6 Å². The number of carbonyl (C=O) groups is 3. The molecular weight excluding hydrogens is 420 g/mol. The molecule has 4 rings (SSSR count). The fourth-order valence-corrected chi connectivity index (χ4v) is 5.34. The molecule has 0 saturated carbocycles. The molecule has 9 nitrogen and oxygen atoms in total. The molecular formula is C24H38N6O3. The molecule has 3 aliphatic heterocycles. The Morgan fingerprint density at radius 2 is 1.61 bits per heavy atom. The first-order chi connectivity index (χ1) is 15.8. The Hall–Kier alpha value is -2.42. The van der Waals surface area contributed by atoms with E-state index in [9.17, 15) is 14.4 Å². The van der Waals surface area contributed by atoms with Gasteiger partial charge in [-0.1, -0.05) is 20.8 Å². The average Bonchev–Trinajstić information content (AvgIpc) is 3.18. The largest absolute Gasteiger partial charge is 0.340 e. The lowest BCUT2D eigenvalue weighted by molar-refractivity contribution is -0.138. The number of piperidine rings is 1. The van der Waals surface area contributed by atoms with Crippen LogP contribution in [0.4, 0.5) is 0 Å². The van der Waals surface area contributed by atoms with Crippen molar-refractivity contribution in [1.82, 2.24) is 29.4 Å². The standard InChI is InChI=1S/C24H38N6O3/c1-5-27-12-14-29(15-13-27)23(32)18-6-9-28(10-7-18)24(33)21-19-16-30(22(31)17(2)3)11-8-20(19)26(4)25-21/h17-18H,5-16H2,1-4H3. The van der Waals surface area contributed by atoms with Crippen molar-refractivity contribution in [3.63, 3.8) is 0 Å². The van der Waals surface area contributed by atoms with Crippen molar-refractivity contribution in [2.75, 3.05) is 52.4 Å². The molecule has 3 amide bonds. The average molecular weight is 459 g/mol. The van der Waals surface area contributed by atoms with Gasteiger partial charge >= 0.3 is 0 Å². The molecule has 3 aliphatic rings. The molecule has 0 N–H and O–H groups in total. The van der Waals surface area contributed by atoms with Crippen molar-refractivity contribution >= 4 is 17.7 Å². The number of likely N-dealkylation sites (N-methyl/N-ethyl adjacent to an activating group) is 1. The summed E-state index contributed by atoms with van der Waals surface area (Å²) in [6.07, 6.45) is 2.11. The summed E-state index contributed by atoms with van der Waals surface area (Å²) in [5.74, 6) is 0.217. The second-order valence-electron chi connectivity index (χ2n) is 9.89. The summed E-state index contributed by atoms with van der Waals surface area (Å²) in [6.45, 7) is 12.7. The Labute approximate surface area is 196 Å². The highest BCUT2D eigenvalue weighted by atomic mass is 16.2. The van der Waals surface area contributed by atoms with Crippen LogP contribution in [0.25, 0.3) is 0 Å². The number of amides is 3. The molecule has 182 valence electrons. The Balaban J connectivity index is 1.38. The van der Waals surface area contributed by atoms with Gasteiger partial charge in [0.2, 0.25) is 11.8 Å². The number of nitrogens with zero attached hydrogens (tertiary/aromatic N) is 6. The van der Waals surface area contributed by atoms with Gasteiger partial charge in [0.05, 0.1) is 0 Å². The highest BCUT2D eigenvalue weighted by Gasteiger charge is 2.35. The lowest BCUT2D eigenvalue weighted by Gasteiger charge is -2.38. The number of fused-ring (bicyclic) bond motifs is 1. The van der Waals surface area contributed by atoms with Crippen LogP contribution < -0.4 is 0 Å². The molecule has 0 aromatic carbocycles. The summed E-state index contributed by atoms with van der Waals surface area (Å²) in [4.78, 5) is 47.0. The third-order valence-electron chi connectivity index (χ3n) is 7.51. The molecule has 4 heterocycles. The second kappa shape index (κ2) is 9.83. The van der Waals surface area contributed by atoms with Crippen LogP contribution in [0.15, 0.2) is 0 Å². The van der Waals surface area contributed by atoms with Crippen molar-refractivity contribution in [2.24, 2.45) is 18.9 Å². The van der Waals surface area contributed by atoms with Crippen molar-refractivity contribution in [1.29, 1.82) is 0 Å². The van der Waals surface area contributed by atoms with Crippen LogP contribution in [0.1, 0.15) is 55.4 Å². The van der Waals surface area contributed by atoms with E-state index in [0.29, 0.717) is 51.1 Å². The third-order valence-corrected chi connectivity index (χ3v) is 7.51. The van der Waals surface area contributed by atoms with Crippen LogP contribution in [0.3, 0.4) is 0 Å². The maximum atomic E-state index is 13.4. The molecule has 0 spiro atoms. The highest BCUT2D eigenvalue weighted by molar-refractivity contribution is 5.94. The first-order valence-electron chi connectivity index (χ1n) is 12.4. The molecule has 1 aromatic rings. The molecule has 9 heteroatoms. The number of aryl methyl sites for hydroxylation is 1. The SMILES string of the molecule is CCN1CCN(C(=O)C2CCN(C(=O)c3nn(C)c4c3CN(C(=O)C(C)C)CC4)CC2)CC1. The lowest BCUT2D eigenvalue weighted by Crippen LogP contribution is -2.51. The lowest BCUT2D eigenvalue weighted by atomic mass is 9.94. The first-order valence-corrected chi connectivity index (χ1v) is 12.4. The molecule has 33 heavy (non-hydrogen) atoms. The van der Waals surface area contributed by atoms with Crippen LogP contribution in [-0.4, -0.2) is 99.5 Å². The fourth-order valence-electron chi connectivity index (χ4n) is 5.34. The summed E-state index contributed by atoms with van der Waals surface area (Å²) in [6, 6.07) is 0. The van der Waals surface area contributed by atoms with Crippen molar-refractivity contribution < 1.29 is 14.4 Å². The van der Waals surface area contributed by atoms with Crippen molar-refractivity contribution in [3.8, 4) is 0 Å². The normalized spacial score (nSPS) is 20.3. The summed E-state index contributed by atoms with van der Waals surface area (Å²) in [5, 5.41) is 4.56. The van der Waals surface area contributed by atoms with Gasteiger partial charge in [-0.05, 0) is 19.4 Å². The maximum absolute atomic E-state index is 13.4. The zero-order chi connectivity index (χ0) is 23.7. The van der Waals surface area contributed by atoms with E-state index in [4.69, 9.17) is 0 Å². The first kappa shape index (κ1) is 23.7. The van der Waals surface area contributed by atoms with Crippen LogP contribution >= 0.6 is 0 Å². The summed E-state index contributed by atoms with van der Waals surface area (Å²) >= 11 is 0. The van der Waals surface area contributed by atoms with E-state index in [1.54, 1.807) is 4.68 Å². The van der Waals surface area contributed by atoms with Gasteiger partial charge in [-0.15, -0.1) is 0 Å². The molecule has 0 unspecified atom stereocenters. The topological polar surface area (TPSA) is 82.0 Å². The van der Waals surface area contributed by atoms with E-state index in [-0.39, 0.29) is 29.6 Å². The van der Waals surface area contributed by atoms with Crippen molar-refractivity contribution in [2.45, 2.75) is 46.6 Å². The predicted octanol–water partition coefficient (Wildman–Crippen LogP) is 0.977. The molecule has 2 saturated heterocycles. The summed E-state index contributed by atoms with van der Waals surface area (Å²) < 4.78 is 1.80. The quantitative estimate of drug-likeness (QED) is 0.672. The monoisotopic (exact) mass is 458 g/mol. The Kier molecular flexibility index (Phi) is 7.07. The van der Waals surface area contributed by atoms with E-state index in [2.05, 4.69) is 16.9 Å². The molecule has 0 atom stereocenters. The summed E-state index contributed by atoms with van der Waals surface area (Å²) in [7, 11) is 1.87. The number of likely N-dealkylation sites (tertiary alicyclic amines) is 1. The van der Waals surface area contributed by atoms with Gasteiger partial charge in [0.15, 0.2) is 5.69 Å². The maximum Gasteiger partial charge on any atom is 0.274 e. The number of rotatable bonds is 4. The zero-order valence-corrected chi connectivity index (χ0v) is 20.5. The van der Waals surface area contributed by atoms with E-state index in [0.717, 1.165) is 44.0 Å². The minimum absolute atomic E-state index is 0.000899. The number of hydrogen-bond acceptors (Lipinski definition) is 5. The number of hydrogen-bond donors (Lipinski definition) is 0. The van der Waals surface area contributed by atoms with Crippen LogP contribution in [0, 0.1) is 11.8 Å². The van der Waals surface area contributed by atoms with E-state index in [1.165, 1.54) is 0 Å². The van der Waals surface area contributed by atoms with Crippen molar-refractivity contribution in [3.05, 3.63) is 17.0 Å². The minimum atomic E-state index is -0.0758. The van der Waals surface area contributed by atoms with Gasteiger partial charge in [0.1, 0.15) is 0 Å². The van der Waals surface area contributed by atoms with Gasteiger partial charge in [-0.2, -0.15) is 5.10 Å². The Bertz CT molecular complexity index is 894. The van der Waals surface area contributed by atoms with Crippen LogP contribution in [0.2, 0.25) is 0 Å². The fraction of sp³-hybridized carbons (Fsp3) is 0.750. The van der Waals surface area contributed by atoms with Crippen LogP contribution in [-0.2, 0) is 29.6 Å². The van der Waals surface area contributed by atoms with Gasteiger partial charge in [0.25, 0.3) is 5.91 Å². The second-order valence-corrected chi connectivity index (χ2v) is 9.89. The third kappa shape index (κ3) is 4.78. The molecule has 0 bridgehead atoms. The van der Waals surface area contributed by atoms with Gasteiger partial charge in [0, 0.05) is 88.9 Å². The van der Waals surface area contributed by atoms with Crippen LogP contribution in [0.5, 0.6) is 0 Å². The number of carbonyl (C=O) groups excluding carboxylic acids is 3. The molecule has 2 fully saturated rings. The summed E-state index contributed by atoms with van der Waals surface area (Å²) in [5.41, 5.74) is 2.39. The minimum Gasteiger partial charge on any atom is -0.340 e. The van der Waals surface area contributed by atoms with Gasteiger partial charge in [-0.25, -0.2) is 0 Å². The van der Waals surface area contributed by atoms with E-state index < -0.39 is 0 Å². The highest BCUT2D eigenvalue weighted by Crippen LogP contribution is 2.27. The predicted molar refractivity (Wildman–Crippen MR) is 124 cm³/mol. The number of piperazine rings is 1. The van der Waals surface area contributed by atoms with Gasteiger partial charge in [-0.3, -0.25) is 19.1 Å². The zero-order valence-electron chi connectivity index (χ0n) is 20.5. The van der Waals surface area contributed by atoms with Gasteiger partial charge < -0.3 is 19.6 Å².